The van der Waals surface area contributed by atoms with Crippen molar-refractivity contribution in [3.05, 3.63) is 78.4 Å². The molecule has 1 N–H and O–H groups in total. The van der Waals surface area contributed by atoms with E-state index in [1.54, 1.807) is 4.90 Å². The van der Waals surface area contributed by atoms with E-state index in [2.05, 4.69) is 5.32 Å². The van der Waals surface area contributed by atoms with Gasteiger partial charge in [0.25, 0.3) is 0 Å². The molecule has 0 aliphatic heterocycles. The van der Waals surface area contributed by atoms with Gasteiger partial charge in [0.2, 0.25) is 5.91 Å². The summed E-state index contributed by atoms with van der Waals surface area (Å²) in [7, 11) is 1.83. The Kier molecular flexibility index (Phi) is 4.55. The van der Waals surface area contributed by atoms with Crippen LogP contribution in [0, 0.1) is 0 Å². The van der Waals surface area contributed by atoms with E-state index in [0.717, 1.165) is 33.2 Å². The molecule has 4 heteroatoms. The Hall–Kier alpha value is -3.27. The fraction of sp³-hybridized carbons (Fsp3) is 0.174. The van der Waals surface area contributed by atoms with Gasteiger partial charge in [-0.25, -0.2) is 0 Å². The monoisotopic (exact) mass is 358 g/mol. The maximum atomic E-state index is 12.7. The van der Waals surface area contributed by atoms with Gasteiger partial charge < -0.3 is 14.6 Å². The van der Waals surface area contributed by atoms with E-state index in [-0.39, 0.29) is 11.9 Å². The topological polar surface area (TPSA) is 45.5 Å². The summed E-state index contributed by atoms with van der Waals surface area (Å²) < 4.78 is 5.86. The lowest BCUT2D eigenvalue weighted by Gasteiger charge is -2.23. The van der Waals surface area contributed by atoms with Crippen LogP contribution < -0.4 is 5.32 Å². The number of nitrogens with zero attached hydrogens (tertiary/aromatic N) is 1. The Balaban J connectivity index is 1.50. The third-order valence-electron chi connectivity index (χ3n) is 4.77. The van der Waals surface area contributed by atoms with Crippen molar-refractivity contribution in [2.75, 3.05) is 12.4 Å². The van der Waals surface area contributed by atoms with Crippen molar-refractivity contribution in [2.24, 2.45) is 0 Å². The quantitative estimate of drug-likeness (QED) is 0.543. The highest BCUT2D eigenvalue weighted by Gasteiger charge is 2.18. The average molecular weight is 358 g/mol. The molecule has 1 amide bonds. The number of fused-ring (bicyclic) bond motifs is 3. The minimum Gasteiger partial charge on any atom is -0.456 e. The maximum Gasteiger partial charge on any atom is 0.244 e. The van der Waals surface area contributed by atoms with E-state index in [4.69, 9.17) is 4.42 Å². The number of nitrogens with one attached hydrogen (secondary N) is 1. The van der Waals surface area contributed by atoms with Gasteiger partial charge >= 0.3 is 0 Å². The number of anilines is 1. The van der Waals surface area contributed by atoms with Gasteiger partial charge in [-0.1, -0.05) is 48.5 Å². The zero-order valence-electron chi connectivity index (χ0n) is 15.5. The second-order valence-corrected chi connectivity index (χ2v) is 6.86. The summed E-state index contributed by atoms with van der Waals surface area (Å²) in [6.07, 6.45) is 0. The van der Waals surface area contributed by atoms with Crippen LogP contribution in [0.5, 0.6) is 0 Å². The summed E-state index contributed by atoms with van der Waals surface area (Å²) in [5.74, 6) is 0.0519. The fourth-order valence-corrected chi connectivity index (χ4v) is 3.39. The Morgan fingerprint density at radius 1 is 0.963 bits per heavy atom. The van der Waals surface area contributed by atoms with Crippen LogP contribution in [0.25, 0.3) is 21.9 Å². The maximum absolute atomic E-state index is 12.7. The van der Waals surface area contributed by atoms with Crippen LogP contribution in [0.4, 0.5) is 5.69 Å². The molecular weight excluding hydrogens is 336 g/mol. The molecule has 4 aromatic rings. The number of rotatable bonds is 5. The zero-order chi connectivity index (χ0) is 18.8. The minimum atomic E-state index is -0.325. The predicted molar refractivity (Wildman–Crippen MR) is 110 cm³/mol. The molecule has 136 valence electrons. The lowest BCUT2D eigenvalue weighted by molar-refractivity contribution is -0.130. The van der Waals surface area contributed by atoms with Gasteiger partial charge in [-0.2, -0.15) is 0 Å². The highest BCUT2D eigenvalue weighted by molar-refractivity contribution is 6.06. The van der Waals surface area contributed by atoms with Crippen LogP contribution in [0.2, 0.25) is 0 Å². The molecule has 0 aliphatic carbocycles. The Morgan fingerprint density at radius 2 is 1.67 bits per heavy atom. The van der Waals surface area contributed by atoms with E-state index >= 15 is 0 Å². The number of benzene rings is 3. The molecule has 4 nitrogen and oxygen atoms in total. The highest BCUT2D eigenvalue weighted by atomic mass is 16.3. The third-order valence-corrected chi connectivity index (χ3v) is 4.77. The molecule has 0 radical (unpaired) electrons. The van der Waals surface area contributed by atoms with Crippen LogP contribution in [0.15, 0.2) is 77.2 Å². The molecule has 0 fully saturated rings. The summed E-state index contributed by atoms with van der Waals surface area (Å²) >= 11 is 0. The van der Waals surface area contributed by atoms with Crippen LogP contribution in [-0.2, 0) is 11.3 Å². The molecule has 0 saturated carbocycles. The molecule has 0 saturated heterocycles. The Morgan fingerprint density at radius 3 is 2.48 bits per heavy atom. The first-order chi connectivity index (χ1) is 13.1. The SMILES string of the molecule is C[C@H](Nc1ccc2oc3ccccc3c2c1)C(=O)N(C)Cc1ccccc1. The van der Waals surface area contributed by atoms with Crippen molar-refractivity contribution in [3.63, 3.8) is 0 Å². The normalized spacial score (nSPS) is 12.2. The molecule has 1 aromatic heterocycles. The number of hydrogen-bond donors (Lipinski definition) is 1. The minimum absolute atomic E-state index is 0.0519. The van der Waals surface area contributed by atoms with Crippen LogP contribution in [0.1, 0.15) is 12.5 Å². The van der Waals surface area contributed by atoms with Gasteiger partial charge in [0.15, 0.2) is 0 Å². The number of likely N-dealkylation sites (N-methyl/N-ethyl adjacent to an activating group) is 1. The van der Waals surface area contributed by atoms with Crippen molar-refractivity contribution >= 4 is 33.5 Å². The first-order valence-electron chi connectivity index (χ1n) is 9.08. The number of carbonyl (C=O) groups excluding carboxylic acids is 1. The summed E-state index contributed by atoms with van der Waals surface area (Å²) in [6.45, 7) is 2.48. The van der Waals surface area contributed by atoms with E-state index < -0.39 is 0 Å². The number of carbonyl (C=O) groups is 1. The Bertz CT molecular complexity index is 1090. The van der Waals surface area contributed by atoms with Crippen molar-refractivity contribution < 1.29 is 9.21 Å². The van der Waals surface area contributed by atoms with Gasteiger partial charge in [0.1, 0.15) is 17.2 Å². The van der Waals surface area contributed by atoms with Gasteiger partial charge in [-0.3, -0.25) is 4.79 Å². The summed E-state index contributed by atoms with van der Waals surface area (Å²) in [5, 5.41) is 5.45. The van der Waals surface area contributed by atoms with Crippen molar-refractivity contribution in [3.8, 4) is 0 Å². The first-order valence-corrected chi connectivity index (χ1v) is 9.08. The van der Waals surface area contributed by atoms with Gasteiger partial charge in [0.05, 0.1) is 0 Å². The molecular formula is C23H22N2O2. The fourth-order valence-electron chi connectivity index (χ4n) is 3.39. The number of para-hydroxylation sites is 1. The largest absolute Gasteiger partial charge is 0.456 e. The summed E-state index contributed by atoms with van der Waals surface area (Å²) in [6, 6.07) is 23.6. The molecule has 0 unspecified atom stereocenters. The molecule has 0 aliphatic rings. The van der Waals surface area contributed by atoms with E-state index in [9.17, 15) is 4.79 Å². The predicted octanol–water partition coefficient (Wildman–Crippen LogP) is 5.05. The molecule has 1 heterocycles. The smallest absolute Gasteiger partial charge is 0.244 e. The summed E-state index contributed by atoms with van der Waals surface area (Å²) in [5.41, 5.74) is 3.74. The molecule has 0 spiro atoms. The number of furan rings is 1. The Labute approximate surface area is 158 Å². The molecule has 1 atom stereocenters. The second kappa shape index (κ2) is 7.16. The highest BCUT2D eigenvalue weighted by Crippen LogP contribution is 2.30. The van der Waals surface area contributed by atoms with Gasteiger partial charge in [0, 0.05) is 30.1 Å². The average Bonchev–Trinajstić information content (AvgIpc) is 3.06. The molecule has 3 aromatic carbocycles. The molecule has 4 rings (SSSR count). The van der Waals surface area contributed by atoms with Crippen molar-refractivity contribution in [2.45, 2.75) is 19.5 Å². The van der Waals surface area contributed by atoms with E-state index in [1.807, 2.05) is 86.8 Å². The van der Waals surface area contributed by atoms with Crippen molar-refractivity contribution in [1.29, 1.82) is 0 Å². The second-order valence-electron chi connectivity index (χ2n) is 6.86. The van der Waals surface area contributed by atoms with Crippen LogP contribution >= 0.6 is 0 Å². The lowest BCUT2D eigenvalue weighted by atomic mass is 10.1. The molecule has 27 heavy (non-hydrogen) atoms. The summed E-state index contributed by atoms with van der Waals surface area (Å²) in [4.78, 5) is 14.5. The van der Waals surface area contributed by atoms with Gasteiger partial charge in [-0.15, -0.1) is 0 Å². The van der Waals surface area contributed by atoms with Crippen molar-refractivity contribution in [1.82, 2.24) is 4.90 Å². The first kappa shape index (κ1) is 17.2. The van der Waals surface area contributed by atoms with E-state index in [1.165, 1.54) is 0 Å². The third kappa shape index (κ3) is 3.51. The van der Waals surface area contributed by atoms with E-state index in [0.29, 0.717) is 6.54 Å². The van der Waals surface area contributed by atoms with Crippen LogP contribution in [0.3, 0.4) is 0 Å². The standard InChI is InChI=1S/C23H22N2O2/c1-16(23(26)25(2)15-17-8-4-3-5-9-17)24-18-12-13-22-20(14-18)19-10-6-7-11-21(19)27-22/h3-14,16,24H,15H2,1-2H3/t16-/m0/s1. The van der Waals surface area contributed by atoms with Gasteiger partial charge in [-0.05, 0) is 36.8 Å². The molecule has 0 bridgehead atoms. The lowest BCUT2D eigenvalue weighted by Crippen LogP contribution is -2.38. The number of amides is 1. The zero-order valence-corrected chi connectivity index (χ0v) is 15.5. The number of hydrogen-bond acceptors (Lipinski definition) is 3. The van der Waals surface area contributed by atoms with Crippen LogP contribution in [-0.4, -0.2) is 23.9 Å².